The highest BCUT2D eigenvalue weighted by molar-refractivity contribution is 9.10. The fraction of sp³-hybridized carbons (Fsp3) is 0.400. The van der Waals surface area contributed by atoms with Crippen LogP contribution < -0.4 is 0 Å². The molecule has 8 heteroatoms. The van der Waals surface area contributed by atoms with E-state index in [0.717, 1.165) is 6.07 Å². The van der Waals surface area contributed by atoms with Crippen LogP contribution in [0.4, 0.5) is 30.7 Å². The van der Waals surface area contributed by atoms with Crippen molar-refractivity contribution >= 4 is 15.9 Å². The van der Waals surface area contributed by atoms with Crippen LogP contribution in [0, 0.1) is 6.92 Å². The Morgan fingerprint density at radius 2 is 1.33 bits per heavy atom. The summed E-state index contributed by atoms with van der Waals surface area (Å²) in [5, 5.41) is 0. The van der Waals surface area contributed by atoms with E-state index < -0.39 is 23.6 Å². The maximum Gasteiger partial charge on any atom is 0.435 e. The van der Waals surface area contributed by atoms with Crippen molar-refractivity contribution in [2.24, 2.45) is 0 Å². The van der Waals surface area contributed by atoms with E-state index in [1.807, 2.05) is 0 Å². The number of benzene rings is 1. The van der Waals surface area contributed by atoms with Crippen molar-refractivity contribution in [3.05, 3.63) is 33.8 Å². The first-order valence-corrected chi connectivity index (χ1v) is 5.29. The molecule has 1 aromatic rings. The number of hydrogen-bond acceptors (Lipinski definition) is 0. The van der Waals surface area contributed by atoms with Gasteiger partial charge >= 0.3 is 18.0 Å². The Bertz CT molecular complexity index is 433. The third-order valence-corrected chi connectivity index (χ3v) is 3.23. The zero-order valence-corrected chi connectivity index (χ0v) is 10.3. The second kappa shape index (κ2) is 4.40. The molecule has 0 nitrogen and oxygen atoms in total. The van der Waals surface area contributed by atoms with E-state index in [-0.39, 0.29) is 10.0 Å². The number of aryl methyl sites for hydroxylation is 1. The quantitative estimate of drug-likeness (QED) is 0.629. The Morgan fingerprint density at radius 1 is 0.889 bits per heavy atom. The van der Waals surface area contributed by atoms with E-state index in [1.54, 1.807) is 0 Å². The highest BCUT2D eigenvalue weighted by atomic mass is 79.9. The summed E-state index contributed by atoms with van der Waals surface area (Å²) in [7, 11) is 0. The minimum Gasteiger partial charge on any atom is -0.218 e. The molecule has 0 spiro atoms. The molecule has 0 aliphatic heterocycles. The molecule has 0 aliphatic rings. The summed E-state index contributed by atoms with van der Waals surface area (Å²) >= 11 is 2.91. The van der Waals surface area contributed by atoms with Crippen LogP contribution in [0.5, 0.6) is 0 Å². The highest BCUT2D eigenvalue weighted by Crippen LogP contribution is 2.53. The van der Waals surface area contributed by atoms with Crippen LogP contribution in [0.15, 0.2) is 22.7 Å². The standard InChI is InChI=1S/C10H6BrF7/c1-5-4-6(2-3-7(5)11)8(12,9(13,14)15)10(16,17)18/h2-4H,1H3. The average molecular weight is 339 g/mol. The maximum atomic E-state index is 13.6. The predicted molar refractivity (Wildman–Crippen MR) is 53.8 cm³/mol. The molecule has 1 aromatic carbocycles. The minimum absolute atomic E-state index is 0.0722. The Labute approximate surface area is 106 Å². The lowest BCUT2D eigenvalue weighted by atomic mass is 9.93. The second-order valence-electron chi connectivity index (χ2n) is 3.62. The largest absolute Gasteiger partial charge is 0.435 e. The first kappa shape index (κ1) is 15.3. The molecule has 102 valence electrons. The van der Waals surface area contributed by atoms with Crippen LogP contribution in [-0.2, 0) is 5.67 Å². The molecule has 0 unspecified atom stereocenters. The molecule has 0 saturated heterocycles. The van der Waals surface area contributed by atoms with Gasteiger partial charge in [0.1, 0.15) is 0 Å². The van der Waals surface area contributed by atoms with Gasteiger partial charge in [0, 0.05) is 10.0 Å². The van der Waals surface area contributed by atoms with Crippen LogP contribution >= 0.6 is 15.9 Å². The van der Waals surface area contributed by atoms with Crippen molar-refractivity contribution in [1.29, 1.82) is 0 Å². The van der Waals surface area contributed by atoms with Gasteiger partial charge in [-0.3, -0.25) is 0 Å². The molecule has 0 heterocycles. The molecule has 0 atom stereocenters. The zero-order chi connectivity index (χ0) is 14.4. The molecular formula is C10H6BrF7. The smallest absolute Gasteiger partial charge is 0.218 e. The Hall–Kier alpha value is -0.790. The number of hydrogen-bond donors (Lipinski definition) is 0. The Morgan fingerprint density at radius 3 is 1.67 bits per heavy atom. The summed E-state index contributed by atoms with van der Waals surface area (Å²) in [6.45, 7) is 1.26. The lowest BCUT2D eigenvalue weighted by Gasteiger charge is -2.30. The van der Waals surface area contributed by atoms with Gasteiger partial charge in [-0.1, -0.05) is 28.1 Å². The van der Waals surface area contributed by atoms with Crippen molar-refractivity contribution in [1.82, 2.24) is 0 Å². The van der Waals surface area contributed by atoms with Crippen molar-refractivity contribution < 1.29 is 30.7 Å². The van der Waals surface area contributed by atoms with Gasteiger partial charge in [-0.2, -0.15) is 26.3 Å². The lowest BCUT2D eigenvalue weighted by Crippen LogP contribution is -2.50. The molecule has 18 heavy (non-hydrogen) atoms. The van der Waals surface area contributed by atoms with Gasteiger partial charge in [0.25, 0.3) is 0 Å². The van der Waals surface area contributed by atoms with Crippen LogP contribution in [0.3, 0.4) is 0 Å². The summed E-state index contributed by atoms with van der Waals surface area (Å²) in [6.07, 6.45) is -12.2. The third-order valence-electron chi connectivity index (χ3n) is 2.34. The molecule has 0 bridgehead atoms. The van der Waals surface area contributed by atoms with E-state index in [4.69, 9.17) is 0 Å². The first-order valence-electron chi connectivity index (χ1n) is 4.50. The predicted octanol–water partition coefficient (Wildman–Crippen LogP) is 5.05. The first-order chi connectivity index (χ1) is 7.91. The minimum atomic E-state index is -6.08. The van der Waals surface area contributed by atoms with Crippen LogP contribution in [-0.4, -0.2) is 12.4 Å². The van der Waals surface area contributed by atoms with Crippen molar-refractivity contribution in [2.75, 3.05) is 0 Å². The van der Waals surface area contributed by atoms with Crippen molar-refractivity contribution in [2.45, 2.75) is 24.9 Å². The summed E-state index contributed by atoms with van der Waals surface area (Å²) in [4.78, 5) is 0. The van der Waals surface area contributed by atoms with E-state index in [2.05, 4.69) is 15.9 Å². The van der Waals surface area contributed by atoms with Gasteiger partial charge in [-0.05, 0) is 18.6 Å². The molecule has 0 fully saturated rings. The zero-order valence-electron chi connectivity index (χ0n) is 8.76. The van der Waals surface area contributed by atoms with Crippen molar-refractivity contribution in [3.63, 3.8) is 0 Å². The third kappa shape index (κ3) is 2.34. The van der Waals surface area contributed by atoms with Gasteiger partial charge in [-0.15, -0.1) is 0 Å². The summed E-state index contributed by atoms with van der Waals surface area (Å²) < 4.78 is 88.3. The number of alkyl halides is 7. The fourth-order valence-corrected chi connectivity index (χ4v) is 1.59. The molecular weight excluding hydrogens is 333 g/mol. The van der Waals surface area contributed by atoms with Gasteiger partial charge in [0.05, 0.1) is 0 Å². The van der Waals surface area contributed by atoms with Crippen LogP contribution in [0.1, 0.15) is 11.1 Å². The SMILES string of the molecule is Cc1cc(C(F)(C(F)(F)F)C(F)(F)F)ccc1Br. The Kier molecular flexibility index (Phi) is 3.73. The van der Waals surface area contributed by atoms with Crippen LogP contribution in [0.2, 0.25) is 0 Å². The molecule has 0 amide bonds. The van der Waals surface area contributed by atoms with E-state index in [9.17, 15) is 30.7 Å². The van der Waals surface area contributed by atoms with Gasteiger partial charge < -0.3 is 0 Å². The number of halogens is 8. The summed E-state index contributed by atoms with van der Waals surface area (Å²) in [5.41, 5.74) is -6.78. The normalized spacial score (nSPS) is 13.8. The van der Waals surface area contributed by atoms with Gasteiger partial charge in [-0.25, -0.2) is 4.39 Å². The molecule has 0 saturated carbocycles. The molecule has 0 aliphatic carbocycles. The Balaban J connectivity index is 3.51. The average Bonchev–Trinajstić information content (AvgIpc) is 2.17. The molecule has 0 aromatic heterocycles. The van der Waals surface area contributed by atoms with E-state index in [0.29, 0.717) is 12.1 Å². The summed E-state index contributed by atoms with van der Waals surface area (Å²) in [5.74, 6) is 0. The van der Waals surface area contributed by atoms with Gasteiger partial charge in [0.2, 0.25) is 0 Å². The summed E-state index contributed by atoms with van der Waals surface area (Å²) in [6, 6.07) is 1.92. The van der Waals surface area contributed by atoms with E-state index >= 15 is 0 Å². The van der Waals surface area contributed by atoms with Gasteiger partial charge in [0.15, 0.2) is 0 Å². The topological polar surface area (TPSA) is 0 Å². The number of rotatable bonds is 1. The second-order valence-corrected chi connectivity index (χ2v) is 4.47. The van der Waals surface area contributed by atoms with E-state index in [1.165, 1.54) is 6.92 Å². The monoisotopic (exact) mass is 338 g/mol. The maximum absolute atomic E-state index is 13.6. The fourth-order valence-electron chi connectivity index (χ4n) is 1.35. The van der Waals surface area contributed by atoms with Crippen LogP contribution in [0.25, 0.3) is 0 Å². The molecule has 0 N–H and O–H groups in total. The highest BCUT2D eigenvalue weighted by Gasteiger charge is 2.73. The molecule has 0 radical (unpaired) electrons. The lowest BCUT2D eigenvalue weighted by molar-refractivity contribution is -0.348. The molecule has 1 rings (SSSR count). The van der Waals surface area contributed by atoms with Crippen molar-refractivity contribution in [3.8, 4) is 0 Å².